The first-order valence-corrected chi connectivity index (χ1v) is 9.37. The third-order valence-electron chi connectivity index (χ3n) is 5.46. The Hall–Kier alpha value is -2.28. The van der Waals surface area contributed by atoms with Gasteiger partial charge in [0, 0.05) is 32.2 Å². The summed E-state index contributed by atoms with van der Waals surface area (Å²) in [5.41, 5.74) is 1.29. The van der Waals surface area contributed by atoms with Gasteiger partial charge in [-0.05, 0) is 30.5 Å². The smallest absolute Gasteiger partial charge is 0.276 e. The molecule has 0 atom stereocenters. The van der Waals surface area contributed by atoms with E-state index in [2.05, 4.69) is 15.2 Å². The van der Waals surface area contributed by atoms with Gasteiger partial charge >= 0.3 is 0 Å². The first kappa shape index (κ1) is 17.1. The van der Waals surface area contributed by atoms with Crippen LogP contribution in [0.1, 0.15) is 41.7 Å². The number of aromatic nitrogens is 3. The van der Waals surface area contributed by atoms with Gasteiger partial charge in [0.05, 0.1) is 12.7 Å². The van der Waals surface area contributed by atoms with Gasteiger partial charge in [-0.3, -0.25) is 9.69 Å². The highest BCUT2D eigenvalue weighted by Gasteiger charge is 2.29. The number of piperazine rings is 1. The molecule has 1 aromatic heterocycles. The van der Waals surface area contributed by atoms with Gasteiger partial charge in [-0.2, -0.15) is 0 Å². The van der Waals surface area contributed by atoms with Gasteiger partial charge < -0.3 is 4.90 Å². The van der Waals surface area contributed by atoms with Crippen molar-refractivity contribution in [3.8, 4) is 0 Å². The van der Waals surface area contributed by atoms with Crippen LogP contribution < -0.4 is 0 Å². The molecule has 1 amide bonds. The highest BCUT2D eigenvalue weighted by atomic mass is 19.1. The quantitative estimate of drug-likeness (QED) is 0.842. The van der Waals surface area contributed by atoms with Crippen molar-refractivity contribution in [2.75, 3.05) is 26.2 Å². The van der Waals surface area contributed by atoms with Crippen LogP contribution in [0, 0.1) is 5.82 Å². The Morgan fingerprint density at radius 2 is 1.77 bits per heavy atom. The molecule has 138 valence electrons. The number of nitrogens with zero attached hydrogens (tertiary/aromatic N) is 5. The first-order chi connectivity index (χ1) is 12.7. The van der Waals surface area contributed by atoms with Crippen LogP contribution in [0.15, 0.2) is 30.5 Å². The number of amides is 1. The molecular formula is C19H24FN5O. The predicted molar refractivity (Wildman–Crippen MR) is 95.3 cm³/mol. The fraction of sp³-hybridized carbons (Fsp3) is 0.526. The number of halogens is 1. The summed E-state index contributed by atoms with van der Waals surface area (Å²) >= 11 is 0. The van der Waals surface area contributed by atoms with E-state index >= 15 is 0 Å². The summed E-state index contributed by atoms with van der Waals surface area (Å²) in [6.45, 7) is 3.86. The Labute approximate surface area is 152 Å². The molecule has 2 aliphatic rings. The Morgan fingerprint density at radius 1 is 1.08 bits per heavy atom. The summed E-state index contributed by atoms with van der Waals surface area (Å²) in [7, 11) is 0. The zero-order valence-electron chi connectivity index (χ0n) is 14.9. The van der Waals surface area contributed by atoms with Gasteiger partial charge in [0.25, 0.3) is 5.91 Å². The Kier molecular flexibility index (Phi) is 4.97. The zero-order valence-corrected chi connectivity index (χ0v) is 14.9. The molecule has 1 saturated carbocycles. The first-order valence-electron chi connectivity index (χ1n) is 9.37. The fourth-order valence-corrected chi connectivity index (χ4v) is 3.97. The SMILES string of the molecule is O=C(c1cn(Cc2ccc(F)cc2)nn1)N1CCN(C2CCCC2)CC1. The average Bonchev–Trinajstić information content (AvgIpc) is 3.35. The molecule has 1 aliphatic carbocycles. The molecule has 1 aromatic carbocycles. The van der Waals surface area contributed by atoms with Crippen molar-refractivity contribution in [1.82, 2.24) is 24.8 Å². The van der Waals surface area contributed by atoms with Crippen LogP contribution in [0.4, 0.5) is 4.39 Å². The molecule has 1 saturated heterocycles. The fourth-order valence-electron chi connectivity index (χ4n) is 3.97. The molecule has 0 bridgehead atoms. The molecule has 26 heavy (non-hydrogen) atoms. The second-order valence-electron chi connectivity index (χ2n) is 7.19. The van der Waals surface area contributed by atoms with Crippen LogP contribution in [0.25, 0.3) is 0 Å². The lowest BCUT2D eigenvalue weighted by molar-refractivity contribution is 0.0568. The highest BCUT2D eigenvalue weighted by Crippen LogP contribution is 2.24. The minimum Gasteiger partial charge on any atom is -0.335 e. The van der Waals surface area contributed by atoms with Gasteiger partial charge in [0.2, 0.25) is 0 Å². The summed E-state index contributed by atoms with van der Waals surface area (Å²) in [5.74, 6) is -0.318. The third kappa shape index (κ3) is 3.77. The largest absolute Gasteiger partial charge is 0.335 e. The standard InChI is InChI=1S/C19H24FN5O/c20-16-7-5-15(6-8-16)13-25-14-18(21-22-25)19(26)24-11-9-23(10-12-24)17-3-1-2-4-17/h5-8,14,17H,1-4,9-13H2. The van der Waals surface area contributed by atoms with Gasteiger partial charge in [-0.25, -0.2) is 9.07 Å². The van der Waals surface area contributed by atoms with Crippen LogP contribution in [0.5, 0.6) is 0 Å². The van der Waals surface area contributed by atoms with Crippen molar-refractivity contribution in [1.29, 1.82) is 0 Å². The Balaban J connectivity index is 1.34. The van der Waals surface area contributed by atoms with Crippen molar-refractivity contribution >= 4 is 5.91 Å². The van der Waals surface area contributed by atoms with E-state index in [4.69, 9.17) is 0 Å². The van der Waals surface area contributed by atoms with Crippen molar-refractivity contribution < 1.29 is 9.18 Å². The van der Waals surface area contributed by atoms with E-state index < -0.39 is 0 Å². The number of carbonyl (C=O) groups is 1. The molecule has 4 rings (SSSR count). The van der Waals surface area contributed by atoms with Crippen LogP contribution in [0.3, 0.4) is 0 Å². The number of benzene rings is 1. The Morgan fingerprint density at radius 3 is 2.46 bits per heavy atom. The molecule has 0 spiro atoms. The van der Waals surface area contributed by atoms with E-state index in [0.29, 0.717) is 18.3 Å². The number of hydrogen-bond donors (Lipinski definition) is 0. The van der Waals surface area contributed by atoms with E-state index in [1.807, 2.05) is 4.90 Å². The molecule has 2 fully saturated rings. The number of rotatable bonds is 4. The Bertz CT molecular complexity index is 746. The number of hydrogen-bond acceptors (Lipinski definition) is 4. The zero-order chi connectivity index (χ0) is 17.9. The van der Waals surface area contributed by atoms with Crippen LogP contribution in [-0.2, 0) is 6.54 Å². The van der Waals surface area contributed by atoms with Crippen molar-refractivity contribution in [3.05, 3.63) is 47.5 Å². The van der Waals surface area contributed by atoms with E-state index in [1.165, 1.54) is 37.8 Å². The molecule has 2 aromatic rings. The van der Waals surface area contributed by atoms with Crippen molar-refractivity contribution in [2.24, 2.45) is 0 Å². The maximum Gasteiger partial charge on any atom is 0.276 e. The third-order valence-corrected chi connectivity index (χ3v) is 5.46. The normalized spacial score (nSPS) is 19.2. The summed E-state index contributed by atoms with van der Waals surface area (Å²) in [6.07, 6.45) is 6.94. The lowest BCUT2D eigenvalue weighted by Gasteiger charge is -2.37. The molecule has 0 unspecified atom stereocenters. The average molecular weight is 357 g/mol. The molecule has 2 heterocycles. The molecule has 1 aliphatic heterocycles. The van der Waals surface area contributed by atoms with Gasteiger partial charge in [-0.1, -0.05) is 30.2 Å². The lowest BCUT2D eigenvalue weighted by Crippen LogP contribution is -2.51. The lowest BCUT2D eigenvalue weighted by atomic mass is 10.2. The molecule has 0 N–H and O–H groups in total. The van der Waals surface area contributed by atoms with E-state index in [0.717, 1.165) is 31.7 Å². The highest BCUT2D eigenvalue weighted by molar-refractivity contribution is 5.92. The van der Waals surface area contributed by atoms with Crippen LogP contribution in [0.2, 0.25) is 0 Å². The minimum atomic E-state index is -0.264. The van der Waals surface area contributed by atoms with Crippen molar-refractivity contribution in [3.63, 3.8) is 0 Å². The van der Waals surface area contributed by atoms with Gasteiger partial charge in [0.1, 0.15) is 5.82 Å². The predicted octanol–water partition coefficient (Wildman–Crippen LogP) is 2.17. The summed E-state index contributed by atoms with van der Waals surface area (Å²) in [6, 6.07) is 6.97. The second kappa shape index (κ2) is 7.53. The monoisotopic (exact) mass is 357 g/mol. The second-order valence-corrected chi connectivity index (χ2v) is 7.19. The topological polar surface area (TPSA) is 54.3 Å². The molecular weight excluding hydrogens is 333 g/mol. The van der Waals surface area contributed by atoms with Crippen LogP contribution in [-0.4, -0.2) is 62.9 Å². The van der Waals surface area contributed by atoms with E-state index in [-0.39, 0.29) is 11.7 Å². The van der Waals surface area contributed by atoms with Gasteiger partial charge in [0.15, 0.2) is 5.69 Å². The van der Waals surface area contributed by atoms with E-state index in [1.54, 1.807) is 23.0 Å². The maximum atomic E-state index is 13.0. The van der Waals surface area contributed by atoms with Crippen molar-refractivity contribution in [2.45, 2.75) is 38.3 Å². The molecule has 0 radical (unpaired) electrons. The van der Waals surface area contributed by atoms with E-state index in [9.17, 15) is 9.18 Å². The minimum absolute atomic E-state index is 0.0542. The summed E-state index contributed by atoms with van der Waals surface area (Å²) in [5, 5.41) is 8.08. The van der Waals surface area contributed by atoms with Crippen LogP contribution >= 0.6 is 0 Å². The maximum absolute atomic E-state index is 13.0. The summed E-state index contributed by atoms with van der Waals surface area (Å²) < 4.78 is 14.6. The number of carbonyl (C=O) groups excluding carboxylic acids is 1. The summed E-state index contributed by atoms with van der Waals surface area (Å²) in [4.78, 5) is 17.1. The molecule has 6 nitrogen and oxygen atoms in total. The molecule has 7 heteroatoms. The van der Waals surface area contributed by atoms with Gasteiger partial charge in [-0.15, -0.1) is 5.10 Å².